The Morgan fingerprint density at radius 2 is 1.74 bits per heavy atom. The van der Waals surface area contributed by atoms with Gasteiger partial charge < -0.3 is 4.74 Å². The minimum Gasteiger partial charge on any atom is -0.442 e. The molecule has 0 spiro atoms. The number of aryl methyl sites for hydroxylation is 1. The Morgan fingerprint density at radius 1 is 1.09 bits per heavy atom. The maximum Gasteiger partial charge on any atom is 0.429 e. The highest BCUT2D eigenvalue weighted by Crippen LogP contribution is 2.28. The standard InChI is InChI=1S/C25H31N5O4S/c1-7-18(8-2)30(24(31)34-25(4,5)6)28-16-27-21-15-26-23-20(22(21)28)13-14-29(23)35(32,33)19-11-9-17(3)10-12-19/h9-16,18H,7-8H2,1-6H3. The average Bonchev–Trinajstić information content (AvgIpc) is 3.40. The number of benzene rings is 1. The van der Waals surface area contributed by atoms with E-state index in [-0.39, 0.29) is 16.6 Å². The molecule has 186 valence electrons. The highest BCUT2D eigenvalue weighted by Gasteiger charge is 2.31. The zero-order valence-corrected chi connectivity index (χ0v) is 21.7. The van der Waals surface area contributed by atoms with Crippen LogP contribution in [0.3, 0.4) is 0 Å². The fourth-order valence-electron chi connectivity index (χ4n) is 4.09. The van der Waals surface area contributed by atoms with Gasteiger partial charge in [0, 0.05) is 11.6 Å². The summed E-state index contributed by atoms with van der Waals surface area (Å²) in [6, 6.07) is 8.22. The van der Waals surface area contributed by atoms with Crippen molar-refractivity contribution in [1.82, 2.24) is 18.6 Å². The first-order chi connectivity index (χ1) is 16.5. The van der Waals surface area contributed by atoms with Gasteiger partial charge in [-0.1, -0.05) is 31.5 Å². The second kappa shape index (κ2) is 8.99. The molecule has 0 aliphatic rings. The number of fused-ring (bicyclic) bond motifs is 3. The quantitative estimate of drug-likeness (QED) is 0.372. The zero-order valence-electron chi connectivity index (χ0n) is 20.9. The van der Waals surface area contributed by atoms with Crippen LogP contribution in [0.1, 0.15) is 53.0 Å². The molecule has 9 nitrogen and oxygen atoms in total. The smallest absolute Gasteiger partial charge is 0.429 e. The van der Waals surface area contributed by atoms with Gasteiger partial charge >= 0.3 is 6.09 Å². The molecule has 3 aromatic heterocycles. The van der Waals surface area contributed by atoms with Crippen LogP contribution in [0.25, 0.3) is 22.1 Å². The lowest BCUT2D eigenvalue weighted by molar-refractivity contribution is 0.0516. The Hall–Kier alpha value is -3.40. The van der Waals surface area contributed by atoms with Gasteiger partial charge in [0.1, 0.15) is 23.0 Å². The first-order valence-corrected chi connectivity index (χ1v) is 13.1. The Balaban J connectivity index is 1.91. The second-order valence-corrected chi connectivity index (χ2v) is 11.4. The van der Waals surface area contributed by atoms with Crippen LogP contribution < -0.4 is 5.01 Å². The van der Waals surface area contributed by atoms with E-state index in [4.69, 9.17) is 4.74 Å². The molecule has 0 saturated heterocycles. The Morgan fingerprint density at radius 3 is 2.34 bits per heavy atom. The van der Waals surface area contributed by atoms with Crippen molar-refractivity contribution in [3.8, 4) is 0 Å². The molecule has 0 bridgehead atoms. The molecule has 4 rings (SSSR count). The maximum atomic E-state index is 13.4. The number of hydrogen-bond acceptors (Lipinski definition) is 6. The van der Waals surface area contributed by atoms with E-state index >= 15 is 0 Å². The van der Waals surface area contributed by atoms with Crippen molar-refractivity contribution in [2.75, 3.05) is 5.01 Å². The van der Waals surface area contributed by atoms with Gasteiger partial charge in [-0.3, -0.25) is 0 Å². The minimum atomic E-state index is -3.87. The number of imidazole rings is 1. The van der Waals surface area contributed by atoms with E-state index in [9.17, 15) is 13.2 Å². The number of carbonyl (C=O) groups is 1. The topological polar surface area (TPSA) is 99.3 Å². The van der Waals surface area contributed by atoms with Crippen LogP contribution in [0.5, 0.6) is 0 Å². The molecule has 4 aromatic rings. The van der Waals surface area contributed by atoms with Crippen molar-refractivity contribution in [1.29, 1.82) is 0 Å². The SMILES string of the molecule is CCC(CC)N(C(=O)OC(C)(C)C)n1cnc2cnc3c(ccn3S(=O)(=O)c3ccc(C)cc3)c21. The first kappa shape index (κ1) is 24.7. The van der Waals surface area contributed by atoms with Gasteiger partial charge in [0.15, 0.2) is 5.65 Å². The molecule has 0 fully saturated rings. The van der Waals surface area contributed by atoms with E-state index in [1.165, 1.54) is 16.4 Å². The second-order valence-electron chi connectivity index (χ2n) is 9.54. The molecule has 35 heavy (non-hydrogen) atoms. The van der Waals surface area contributed by atoms with Gasteiger partial charge in [-0.05, 0) is 58.7 Å². The summed E-state index contributed by atoms with van der Waals surface area (Å²) in [5.74, 6) is 0. The van der Waals surface area contributed by atoms with E-state index in [0.717, 1.165) is 5.56 Å². The number of ether oxygens (including phenoxy) is 1. The molecule has 0 atom stereocenters. The fraction of sp³-hybridized carbons (Fsp3) is 0.400. The van der Waals surface area contributed by atoms with Crippen LogP contribution >= 0.6 is 0 Å². The van der Waals surface area contributed by atoms with Gasteiger partial charge in [-0.25, -0.2) is 36.8 Å². The highest BCUT2D eigenvalue weighted by atomic mass is 32.2. The van der Waals surface area contributed by atoms with E-state index in [1.807, 2.05) is 41.5 Å². The van der Waals surface area contributed by atoms with Crippen molar-refractivity contribution in [2.45, 2.75) is 70.9 Å². The van der Waals surface area contributed by atoms with Gasteiger partial charge in [-0.15, -0.1) is 0 Å². The highest BCUT2D eigenvalue weighted by molar-refractivity contribution is 7.90. The zero-order chi connectivity index (χ0) is 25.5. The third kappa shape index (κ3) is 4.50. The molecule has 0 aliphatic heterocycles. The lowest BCUT2D eigenvalue weighted by atomic mass is 10.1. The van der Waals surface area contributed by atoms with Gasteiger partial charge in [-0.2, -0.15) is 0 Å². The number of aromatic nitrogens is 4. The molecule has 0 N–H and O–H groups in total. The number of nitrogens with zero attached hydrogens (tertiary/aromatic N) is 5. The van der Waals surface area contributed by atoms with E-state index in [2.05, 4.69) is 9.97 Å². The van der Waals surface area contributed by atoms with E-state index < -0.39 is 21.7 Å². The maximum absolute atomic E-state index is 13.4. The van der Waals surface area contributed by atoms with Gasteiger partial charge in [0.25, 0.3) is 10.0 Å². The summed E-state index contributed by atoms with van der Waals surface area (Å²) >= 11 is 0. The van der Waals surface area contributed by atoms with Crippen LogP contribution in [-0.2, 0) is 14.8 Å². The largest absolute Gasteiger partial charge is 0.442 e. The molecule has 0 aliphatic carbocycles. The number of amides is 1. The molecular weight excluding hydrogens is 466 g/mol. The minimum absolute atomic E-state index is 0.149. The molecular formula is C25H31N5O4S. The summed E-state index contributed by atoms with van der Waals surface area (Å²) in [6.07, 6.45) is 5.47. The van der Waals surface area contributed by atoms with Gasteiger partial charge in [0.05, 0.1) is 17.1 Å². The Kier molecular flexibility index (Phi) is 6.35. The predicted molar refractivity (Wildman–Crippen MR) is 136 cm³/mol. The molecule has 3 heterocycles. The summed E-state index contributed by atoms with van der Waals surface area (Å²) in [5, 5.41) is 2.13. The third-order valence-corrected chi connectivity index (χ3v) is 7.53. The molecule has 1 aromatic carbocycles. The molecule has 0 radical (unpaired) electrons. The normalized spacial score (nSPS) is 12.5. The van der Waals surface area contributed by atoms with Crippen molar-refractivity contribution in [3.63, 3.8) is 0 Å². The lowest BCUT2D eigenvalue weighted by Gasteiger charge is -2.33. The van der Waals surface area contributed by atoms with Crippen LogP contribution in [0.2, 0.25) is 0 Å². The summed E-state index contributed by atoms with van der Waals surface area (Å²) in [5.41, 5.74) is 1.68. The monoisotopic (exact) mass is 497 g/mol. The molecule has 1 amide bonds. The summed E-state index contributed by atoms with van der Waals surface area (Å²) < 4.78 is 35.3. The van der Waals surface area contributed by atoms with Crippen LogP contribution in [0.4, 0.5) is 4.79 Å². The van der Waals surface area contributed by atoms with Crippen molar-refractivity contribution in [3.05, 3.63) is 54.6 Å². The molecule has 0 unspecified atom stereocenters. The third-order valence-electron chi connectivity index (χ3n) is 5.85. The van der Waals surface area contributed by atoms with Crippen molar-refractivity contribution in [2.24, 2.45) is 0 Å². The number of rotatable bonds is 6. The van der Waals surface area contributed by atoms with Crippen molar-refractivity contribution < 1.29 is 17.9 Å². The Bertz CT molecular complexity index is 1480. The molecule has 10 heteroatoms. The van der Waals surface area contributed by atoms with Gasteiger partial charge in [0.2, 0.25) is 0 Å². The first-order valence-electron chi connectivity index (χ1n) is 11.7. The summed E-state index contributed by atoms with van der Waals surface area (Å²) in [7, 11) is -3.87. The van der Waals surface area contributed by atoms with E-state index in [0.29, 0.717) is 29.3 Å². The number of pyridine rings is 1. The average molecular weight is 498 g/mol. The van der Waals surface area contributed by atoms with E-state index in [1.54, 1.807) is 46.3 Å². The summed E-state index contributed by atoms with van der Waals surface area (Å²) in [4.78, 5) is 22.3. The number of carbonyl (C=O) groups excluding carboxylic acids is 1. The predicted octanol–water partition coefficient (Wildman–Crippen LogP) is 4.99. The van der Waals surface area contributed by atoms with Crippen LogP contribution in [-0.4, -0.2) is 44.8 Å². The number of hydrogen-bond donors (Lipinski definition) is 0. The van der Waals surface area contributed by atoms with Crippen LogP contribution in [0.15, 0.2) is 53.9 Å². The van der Waals surface area contributed by atoms with Crippen LogP contribution in [0, 0.1) is 6.92 Å². The Labute approximate surface area is 205 Å². The molecule has 0 saturated carbocycles. The fourth-order valence-corrected chi connectivity index (χ4v) is 5.39. The lowest BCUT2D eigenvalue weighted by Crippen LogP contribution is -2.49. The van der Waals surface area contributed by atoms with Crippen molar-refractivity contribution >= 4 is 38.2 Å². The summed E-state index contributed by atoms with van der Waals surface area (Å²) in [6.45, 7) is 11.4.